The van der Waals surface area contributed by atoms with Crippen molar-refractivity contribution in [3.63, 3.8) is 0 Å². The van der Waals surface area contributed by atoms with E-state index in [0.29, 0.717) is 18.9 Å². The third-order valence-corrected chi connectivity index (χ3v) is 5.89. The van der Waals surface area contributed by atoms with Crippen molar-refractivity contribution in [1.82, 2.24) is 30.0 Å². The van der Waals surface area contributed by atoms with E-state index in [1.54, 1.807) is 0 Å². The molecule has 1 N–H and O–H groups in total. The molecule has 1 unspecified atom stereocenters. The second-order valence-corrected chi connectivity index (χ2v) is 7.84. The summed E-state index contributed by atoms with van der Waals surface area (Å²) in [5, 5.41) is 16.0. The van der Waals surface area contributed by atoms with Gasteiger partial charge in [0, 0.05) is 44.9 Å². The average molecular weight is 369 g/mol. The van der Waals surface area contributed by atoms with Gasteiger partial charge in [-0.15, -0.1) is 15.3 Å². The number of carbonyl (C=O) groups excluding carboxylic acids is 2. The molecule has 0 bridgehead atoms. The largest absolute Gasteiger partial charge is 0.356 e. The van der Waals surface area contributed by atoms with Crippen LogP contribution < -0.4 is 10.2 Å². The maximum atomic E-state index is 12.7. The summed E-state index contributed by atoms with van der Waals surface area (Å²) in [6, 6.07) is 4.07. The summed E-state index contributed by atoms with van der Waals surface area (Å²) in [6.07, 6.45) is 3.34. The number of hydrogen-bond acceptors (Lipinski definition) is 6. The fourth-order valence-electron chi connectivity index (χ4n) is 3.91. The van der Waals surface area contributed by atoms with Crippen molar-refractivity contribution in [2.24, 2.45) is 5.92 Å². The Morgan fingerprint density at radius 3 is 2.78 bits per heavy atom. The number of nitrogens with zero attached hydrogens (tertiary/aromatic N) is 6. The molecule has 27 heavy (non-hydrogen) atoms. The van der Waals surface area contributed by atoms with Crippen molar-refractivity contribution in [3.8, 4) is 0 Å². The number of likely N-dealkylation sites (N-methyl/N-ethyl adjacent to an activating group) is 1. The molecule has 1 atom stereocenters. The predicted molar refractivity (Wildman–Crippen MR) is 97.3 cm³/mol. The van der Waals surface area contributed by atoms with E-state index in [4.69, 9.17) is 5.10 Å². The summed E-state index contributed by atoms with van der Waals surface area (Å²) in [7, 11) is 1.85. The first kappa shape index (κ1) is 16.5. The fraction of sp³-hybridized carbons (Fsp3) is 0.611. The van der Waals surface area contributed by atoms with E-state index in [-0.39, 0.29) is 23.8 Å². The number of amides is 2. The molecule has 0 radical (unpaired) electrons. The number of hydrogen-bond donors (Lipinski definition) is 1. The van der Waals surface area contributed by atoms with Gasteiger partial charge in [0.05, 0.1) is 6.04 Å². The summed E-state index contributed by atoms with van der Waals surface area (Å²) in [5.74, 6) is 2.19. The quantitative estimate of drug-likeness (QED) is 0.826. The highest BCUT2D eigenvalue weighted by atomic mass is 16.2. The van der Waals surface area contributed by atoms with Crippen LogP contribution in [0.2, 0.25) is 0 Å². The minimum atomic E-state index is -0.189. The van der Waals surface area contributed by atoms with Crippen molar-refractivity contribution < 1.29 is 9.59 Å². The van der Waals surface area contributed by atoms with Crippen LogP contribution in [0.15, 0.2) is 12.1 Å². The normalized spacial score (nSPS) is 23.2. The molecule has 0 aromatic carbocycles. The lowest BCUT2D eigenvalue weighted by atomic mass is 9.94. The van der Waals surface area contributed by atoms with Crippen LogP contribution in [0.1, 0.15) is 37.4 Å². The maximum absolute atomic E-state index is 12.7. The molecule has 2 aliphatic heterocycles. The van der Waals surface area contributed by atoms with E-state index in [1.165, 1.54) is 0 Å². The molecule has 2 aromatic rings. The number of aromatic nitrogens is 4. The summed E-state index contributed by atoms with van der Waals surface area (Å²) in [4.78, 5) is 28.2. The molecule has 3 fully saturated rings. The van der Waals surface area contributed by atoms with E-state index < -0.39 is 0 Å². The van der Waals surface area contributed by atoms with Gasteiger partial charge in [0.25, 0.3) is 0 Å². The van der Waals surface area contributed by atoms with Gasteiger partial charge in [-0.2, -0.15) is 4.52 Å². The second kappa shape index (κ2) is 6.17. The van der Waals surface area contributed by atoms with Crippen LogP contribution in [0.4, 0.5) is 5.82 Å². The van der Waals surface area contributed by atoms with Gasteiger partial charge in [-0.3, -0.25) is 9.59 Å². The lowest BCUT2D eigenvalue weighted by molar-refractivity contribution is -0.141. The van der Waals surface area contributed by atoms with Gasteiger partial charge >= 0.3 is 0 Å². The van der Waals surface area contributed by atoms with Gasteiger partial charge in [0.15, 0.2) is 11.5 Å². The predicted octanol–water partition coefficient (Wildman–Crippen LogP) is 0.175. The topological polar surface area (TPSA) is 95.7 Å². The van der Waals surface area contributed by atoms with Crippen molar-refractivity contribution in [2.75, 3.05) is 31.6 Å². The Hall–Kier alpha value is -2.71. The number of nitrogens with one attached hydrogen (secondary N) is 1. The zero-order valence-electron chi connectivity index (χ0n) is 15.3. The number of piperidine rings is 1. The second-order valence-electron chi connectivity index (χ2n) is 7.84. The van der Waals surface area contributed by atoms with Crippen molar-refractivity contribution in [3.05, 3.63) is 18.0 Å². The molecular formula is C18H23N7O2. The maximum Gasteiger partial charge on any atom is 0.226 e. The Kier molecular flexibility index (Phi) is 3.76. The molecule has 3 aliphatic rings. The summed E-state index contributed by atoms with van der Waals surface area (Å²) in [6.45, 7) is 2.09. The smallest absolute Gasteiger partial charge is 0.226 e. The molecule has 0 spiro atoms. The highest BCUT2D eigenvalue weighted by Gasteiger charge is 2.37. The van der Waals surface area contributed by atoms with Crippen LogP contribution in [-0.2, 0) is 9.59 Å². The van der Waals surface area contributed by atoms with Crippen molar-refractivity contribution >= 4 is 23.3 Å². The van der Waals surface area contributed by atoms with E-state index in [0.717, 1.165) is 49.6 Å². The van der Waals surface area contributed by atoms with Crippen LogP contribution in [0.5, 0.6) is 0 Å². The molecule has 5 rings (SSSR count). The van der Waals surface area contributed by atoms with Gasteiger partial charge in [-0.25, -0.2) is 0 Å². The zero-order chi connectivity index (χ0) is 18.5. The Balaban J connectivity index is 1.25. The average Bonchev–Trinajstić information content (AvgIpc) is 3.39. The first-order chi connectivity index (χ1) is 13.1. The molecule has 2 saturated heterocycles. The number of fused-ring (bicyclic) bond motifs is 1. The van der Waals surface area contributed by atoms with E-state index in [9.17, 15) is 9.59 Å². The third kappa shape index (κ3) is 2.90. The summed E-state index contributed by atoms with van der Waals surface area (Å²) in [5.41, 5.74) is 0.778. The molecule has 9 heteroatoms. The number of carbonyl (C=O) groups is 2. The lowest BCUT2D eigenvalue weighted by Crippen LogP contribution is -2.61. The highest BCUT2D eigenvalue weighted by molar-refractivity contribution is 5.87. The highest BCUT2D eigenvalue weighted by Crippen LogP contribution is 2.38. The van der Waals surface area contributed by atoms with Crippen molar-refractivity contribution in [2.45, 2.75) is 37.6 Å². The lowest BCUT2D eigenvalue weighted by Gasteiger charge is -2.45. The Morgan fingerprint density at radius 1 is 1.22 bits per heavy atom. The molecule has 142 valence electrons. The number of anilines is 1. The summed E-state index contributed by atoms with van der Waals surface area (Å²) < 4.78 is 1.86. The molecule has 1 saturated carbocycles. The first-order valence-electron chi connectivity index (χ1n) is 9.61. The van der Waals surface area contributed by atoms with E-state index >= 15 is 0 Å². The number of rotatable bonds is 4. The van der Waals surface area contributed by atoms with Crippen LogP contribution in [0.3, 0.4) is 0 Å². The van der Waals surface area contributed by atoms with Crippen LogP contribution >= 0.6 is 0 Å². The van der Waals surface area contributed by atoms with Gasteiger partial charge < -0.3 is 15.1 Å². The van der Waals surface area contributed by atoms with Gasteiger partial charge in [0.1, 0.15) is 5.82 Å². The zero-order valence-corrected chi connectivity index (χ0v) is 15.3. The van der Waals surface area contributed by atoms with Gasteiger partial charge in [-0.05, 0) is 31.4 Å². The van der Waals surface area contributed by atoms with Crippen LogP contribution in [-0.4, -0.2) is 69.2 Å². The molecule has 1 aliphatic carbocycles. The monoisotopic (exact) mass is 369 g/mol. The fourth-order valence-corrected chi connectivity index (χ4v) is 3.91. The standard InChI is InChI=1S/C18H23N7O2/c1-23(18(27)12-6-7-19-16(26)8-12)13-9-24(10-13)15-5-4-14-20-21-17(11-2-3-11)25(14)22-15/h4-5,11-13H,2-3,6-10H2,1H3,(H,19,26). The first-order valence-corrected chi connectivity index (χ1v) is 9.61. The SMILES string of the molecule is CN(C(=O)C1CCNC(=O)C1)C1CN(c2ccc3nnc(C4CC4)n3n2)C1. The third-order valence-electron chi connectivity index (χ3n) is 5.89. The minimum absolute atomic E-state index is 0.0267. The van der Waals surface area contributed by atoms with Crippen LogP contribution in [0, 0.1) is 5.92 Å². The molecular weight excluding hydrogens is 346 g/mol. The van der Waals surface area contributed by atoms with Gasteiger partial charge in [0.2, 0.25) is 11.8 Å². The molecule has 2 amide bonds. The minimum Gasteiger partial charge on any atom is -0.356 e. The van der Waals surface area contributed by atoms with Gasteiger partial charge in [-0.1, -0.05) is 0 Å². The Labute approximate surface area is 156 Å². The van der Waals surface area contributed by atoms with E-state index in [1.807, 2.05) is 28.6 Å². The molecule has 4 heterocycles. The Bertz CT molecular complexity index is 900. The summed E-state index contributed by atoms with van der Waals surface area (Å²) >= 11 is 0. The van der Waals surface area contributed by atoms with E-state index in [2.05, 4.69) is 20.4 Å². The van der Waals surface area contributed by atoms with Crippen LogP contribution in [0.25, 0.3) is 5.65 Å². The molecule has 2 aromatic heterocycles. The van der Waals surface area contributed by atoms with Crippen molar-refractivity contribution in [1.29, 1.82) is 0 Å². The molecule has 9 nitrogen and oxygen atoms in total. The Morgan fingerprint density at radius 2 is 2.04 bits per heavy atom.